The quantitative estimate of drug-likeness (QED) is 0.681. The van der Waals surface area contributed by atoms with Crippen LogP contribution in [0.5, 0.6) is 0 Å². The zero-order valence-electron chi connectivity index (χ0n) is 14.3. The Morgan fingerprint density at radius 3 is 2.85 bits per heavy atom. The molecule has 1 saturated heterocycles. The van der Waals surface area contributed by atoms with E-state index in [0.29, 0.717) is 22.8 Å². The fraction of sp³-hybridized carbons (Fsp3) is 0.368. The number of ketones is 1. The van der Waals surface area contributed by atoms with Gasteiger partial charge in [0.15, 0.2) is 5.78 Å². The molecule has 1 aromatic heterocycles. The summed E-state index contributed by atoms with van der Waals surface area (Å²) in [6, 6.07) is 8.05. The molecule has 0 spiro atoms. The highest BCUT2D eigenvalue weighted by atomic mass is 32.1. The first-order chi connectivity index (χ1) is 12.6. The third kappa shape index (κ3) is 5.12. The zero-order valence-corrected chi connectivity index (χ0v) is 15.1. The first-order valence-corrected chi connectivity index (χ1v) is 9.51. The Hall–Kier alpha value is -2.25. The van der Waals surface area contributed by atoms with E-state index >= 15 is 0 Å². The Labute approximate surface area is 155 Å². The molecule has 26 heavy (non-hydrogen) atoms. The van der Waals surface area contributed by atoms with Crippen LogP contribution in [-0.2, 0) is 9.53 Å². The number of benzene rings is 1. The Morgan fingerprint density at radius 1 is 1.27 bits per heavy atom. The summed E-state index contributed by atoms with van der Waals surface area (Å²) in [5, 5.41) is 7.49. The lowest BCUT2D eigenvalue weighted by atomic mass is 10.2. The molecular weight excluding hydrogens is 355 g/mol. The van der Waals surface area contributed by atoms with Crippen LogP contribution in [0.25, 0.3) is 0 Å². The molecule has 0 bridgehead atoms. The van der Waals surface area contributed by atoms with Crippen LogP contribution in [0.1, 0.15) is 35.4 Å². The number of halogens is 1. The number of ether oxygens (including phenoxy) is 1. The van der Waals surface area contributed by atoms with E-state index in [4.69, 9.17) is 4.74 Å². The number of rotatable bonds is 8. The molecule has 1 fully saturated rings. The van der Waals surface area contributed by atoms with E-state index < -0.39 is 5.82 Å². The van der Waals surface area contributed by atoms with Crippen LogP contribution in [0.4, 0.5) is 15.8 Å². The summed E-state index contributed by atoms with van der Waals surface area (Å²) in [5.41, 5.74) is 0.755. The Morgan fingerprint density at radius 2 is 2.15 bits per heavy atom. The van der Waals surface area contributed by atoms with Crippen LogP contribution in [0.15, 0.2) is 35.7 Å². The van der Waals surface area contributed by atoms with Gasteiger partial charge in [-0.05, 0) is 42.5 Å². The fourth-order valence-corrected chi connectivity index (χ4v) is 3.47. The minimum atomic E-state index is -0.435. The molecule has 3 rings (SSSR count). The number of carbonyl (C=O) groups excluding carboxylic acids is 2. The van der Waals surface area contributed by atoms with Gasteiger partial charge >= 0.3 is 0 Å². The van der Waals surface area contributed by atoms with Crippen LogP contribution in [-0.4, -0.2) is 30.9 Å². The second kappa shape index (κ2) is 8.91. The molecule has 138 valence electrons. The average Bonchev–Trinajstić information content (AvgIpc) is 3.32. The van der Waals surface area contributed by atoms with E-state index in [1.165, 1.54) is 17.4 Å². The largest absolute Gasteiger partial charge is 0.380 e. The molecule has 7 heteroatoms. The van der Waals surface area contributed by atoms with E-state index in [0.717, 1.165) is 19.4 Å². The second-order valence-corrected chi connectivity index (χ2v) is 7.11. The molecule has 2 aromatic rings. The van der Waals surface area contributed by atoms with Crippen molar-refractivity contribution >= 4 is 34.4 Å². The number of Topliss-reactive ketones (excluding diaryl/α,β-unsaturated/α-hetero) is 1. The van der Waals surface area contributed by atoms with Gasteiger partial charge in [0.2, 0.25) is 5.91 Å². The summed E-state index contributed by atoms with van der Waals surface area (Å²) in [6.07, 6.45) is 2.34. The maximum Gasteiger partial charge on any atom is 0.224 e. The molecule has 1 unspecified atom stereocenters. The van der Waals surface area contributed by atoms with Crippen molar-refractivity contribution in [1.29, 1.82) is 0 Å². The molecule has 1 aromatic carbocycles. The molecule has 1 aliphatic heterocycles. The summed E-state index contributed by atoms with van der Waals surface area (Å²) in [5.74, 6) is -0.806. The third-order valence-corrected chi connectivity index (χ3v) is 5.08. The minimum Gasteiger partial charge on any atom is -0.380 e. The highest BCUT2D eigenvalue weighted by molar-refractivity contribution is 7.12. The first-order valence-electron chi connectivity index (χ1n) is 8.63. The number of nitrogens with one attached hydrogen (secondary N) is 2. The van der Waals surface area contributed by atoms with E-state index in [1.54, 1.807) is 24.3 Å². The van der Waals surface area contributed by atoms with Crippen molar-refractivity contribution in [3.8, 4) is 0 Å². The molecule has 5 nitrogen and oxygen atoms in total. The lowest BCUT2D eigenvalue weighted by Gasteiger charge is -2.13. The van der Waals surface area contributed by atoms with Crippen molar-refractivity contribution in [3.63, 3.8) is 0 Å². The minimum absolute atomic E-state index is 0.0602. The SMILES string of the molecule is O=C(CCC(=O)c1cccs1)Nc1ccc(NCC2CCCO2)c(F)c1. The predicted octanol–water partition coefficient (Wildman–Crippen LogP) is 4.08. The molecule has 0 saturated carbocycles. The van der Waals surface area contributed by atoms with Gasteiger partial charge in [0.1, 0.15) is 5.82 Å². The predicted molar refractivity (Wildman–Crippen MR) is 100 cm³/mol. The van der Waals surface area contributed by atoms with Gasteiger partial charge in [0, 0.05) is 31.7 Å². The zero-order chi connectivity index (χ0) is 18.4. The highest BCUT2D eigenvalue weighted by Gasteiger charge is 2.16. The van der Waals surface area contributed by atoms with Crippen molar-refractivity contribution < 1.29 is 18.7 Å². The number of thiophene rings is 1. The number of hydrogen-bond donors (Lipinski definition) is 2. The lowest BCUT2D eigenvalue weighted by molar-refractivity contribution is -0.116. The van der Waals surface area contributed by atoms with Crippen LogP contribution in [0.3, 0.4) is 0 Å². The van der Waals surface area contributed by atoms with E-state index in [-0.39, 0.29) is 30.6 Å². The fourth-order valence-electron chi connectivity index (χ4n) is 2.78. The van der Waals surface area contributed by atoms with Gasteiger partial charge in [-0.3, -0.25) is 9.59 Å². The highest BCUT2D eigenvalue weighted by Crippen LogP contribution is 2.21. The van der Waals surface area contributed by atoms with Crippen LogP contribution in [0.2, 0.25) is 0 Å². The number of anilines is 2. The molecular formula is C19H21FN2O3S. The number of hydrogen-bond acceptors (Lipinski definition) is 5. The van der Waals surface area contributed by atoms with E-state index in [9.17, 15) is 14.0 Å². The van der Waals surface area contributed by atoms with Gasteiger partial charge in [-0.1, -0.05) is 6.07 Å². The molecule has 1 atom stereocenters. The lowest BCUT2D eigenvalue weighted by Crippen LogP contribution is -2.19. The summed E-state index contributed by atoms with van der Waals surface area (Å²) in [6.45, 7) is 1.32. The van der Waals surface area contributed by atoms with Gasteiger partial charge in [-0.25, -0.2) is 4.39 Å². The summed E-state index contributed by atoms with van der Waals surface area (Å²) >= 11 is 1.36. The van der Waals surface area contributed by atoms with Gasteiger partial charge < -0.3 is 15.4 Å². The number of amides is 1. The normalized spacial score (nSPS) is 16.4. The molecule has 0 aliphatic carbocycles. The second-order valence-electron chi connectivity index (χ2n) is 6.16. The maximum absolute atomic E-state index is 14.2. The summed E-state index contributed by atoms with van der Waals surface area (Å²) in [4.78, 5) is 24.5. The first kappa shape index (κ1) is 18.5. The standard InChI is InChI=1S/C19H21FN2O3S/c20-15-11-13(5-6-16(15)21-12-14-3-1-9-25-14)22-19(24)8-7-17(23)18-4-2-10-26-18/h2,4-6,10-11,14,21H,1,3,7-9,12H2,(H,22,24). The summed E-state index contributed by atoms with van der Waals surface area (Å²) < 4.78 is 19.7. The van der Waals surface area contributed by atoms with Crippen molar-refractivity contribution in [1.82, 2.24) is 0 Å². The molecule has 1 amide bonds. The van der Waals surface area contributed by atoms with Crippen molar-refractivity contribution in [2.45, 2.75) is 31.8 Å². The van der Waals surface area contributed by atoms with Crippen LogP contribution in [0, 0.1) is 5.82 Å². The molecule has 0 radical (unpaired) electrons. The van der Waals surface area contributed by atoms with Crippen LogP contribution >= 0.6 is 11.3 Å². The van der Waals surface area contributed by atoms with Crippen LogP contribution < -0.4 is 10.6 Å². The monoisotopic (exact) mass is 376 g/mol. The third-order valence-electron chi connectivity index (χ3n) is 4.17. The Balaban J connectivity index is 1.47. The number of carbonyl (C=O) groups is 2. The van der Waals surface area contributed by atoms with Crippen molar-refractivity contribution in [2.75, 3.05) is 23.8 Å². The maximum atomic E-state index is 14.2. The van der Waals surface area contributed by atoms with Gasteiger partial charge in [0.05, 0.1) is 16.7 Å². The smallest absolute Gasteiger partial charge is 0.224 e. The Kier molecular flexibility index (Phi) is 6.35. The van der Waals surface area contributed by atoms with Gasteiger partial charge in [-0.2, -0.15) is 0 Å². The van der Waals surface area contributed by atoms with Crippen molar-refractivity contribution in [2.24, 2.45) is 0 Å². The molecule has 2 heterocycles. The molecule has 1 aliphatic rings. The van der Waals surface area contributed by atoms with Gasteiger partial charge in [0.25, 0.3) is 0 Å². The Bertz CT molecular complexity index is 758. The summed E-state index contributed by atoms with van der Waals surface area (Å²) in [7, 11) is 0. The topological polar surface area (TPSA) is 67.4 Å². The van der Waals surface area contributed by atoms with E-state index in [1.807, 2.05) is 5.38 Å². The van der Waals surface area contributed by atoms with E-state index in [2.05, 4.69) is 10.6 Å². The molecule has 2 N–H and O–H groups in total. The average molecular weight is 376 g/mol. The van der Waals surface area contributed by atoms with Crippen molar-refractivity contribution in [3.05, 3.63) is 46.4 Å². The van der Waals surface area contributed by atoms with Gasteiger partial charge in [-0.15, -0.1) is 11.3 Å².